The summed E-state index contributed by atoms with van der Waals surface area (Å²) >= 11 is 0. The van der Waals surface area contributed by atoms with Crippen molar-refractivity contribution in [3.63, 3.8) is 0 Å². The van der Waals surface area contributed by atoms with Crippen LogP contribution in [0.2, 0.25) is 0 Å². The Hall–Kier alpha value is -2.28. The molecule has 20 heavy (non-hydrogen) atoms. The molecule has 0 saturated heterocycles. The van der Waals surface area contributed by atoms with Crippen LogP contribution < -0.4 is 4.74 Å². The number of hydrogen-bond donors (Lipinski definition) is 0. The lowest BCUT2D eigenvalue weighted by molar-refractivity contribution is 0.301. The van der Waals surface area contributed by atoms with Gasteiger partial charge in [-0.2, -0.15) is 0 Å². The van der Waals surface area contributed by atoms with Gasteiger partial charge in [-0.15, -0.1) is 11.0 Å². The zero-order valence-corrected chi connectivity index (χ0v) is 11.5. The van der Waals surface area contributed by atoms with E-state index in [0.29, 0.717) is 6.61 Å². The molecule has 0 radical (unpaired) electrons. The maximum atomic E-state index is 5.82. The van der Waals surface area contributed by atoms with Crippen molar-refractivity contribution in [1.29, 1.82) is 0 Å². The van der Waals surface area contributed by atoms with E-state index in [1.54, 1.807) is 6.20 Å². The number of para-hydroxylation sites is 1. The van der Waals surface area contributed by atoms with E-state index in [1.165, 1.54) is 0 Å². The summed E-state index contributed by atoms with van der Waals surface area (Å²) in [5.74, 6) is 7.47. The van der Waals surface area contributed by atoms with Crippen molar-refractivity contribution in [2.45, 2.75) is 38.8 Å². The Morgan fingerprint density at radius 2 is 2.30 bits per heavy atom. The van der Waals surface area contributed by atoms with E-state index in [1.807, 2.05) is 28.9 Å². The fourth-order valence-electron chi connectivity index (χ4n) is 2.28. The van der Waals surface area contributed by atoms with E-state index in [9.17, 15) is 0 Å². The number of unbranched alkanes of at least 4 members (excludes halogenated alkanes) is 2. The fraction of sp³-hybridized carbons (Fsp3) is 0.375. The van der Waals surface area contributed by atoms with Crippen LogP contribution in [0.4, 0.5) is 0 Å². The van der Waals surface area contributed by atoms with Gasteiger partial charge in [0, 0.05) is 12.0 Å². The van der Waals surface area contributed by atoms with Gasteiger partial charge in [-0.3, -0.25) is 0 Å². The average Bonchev–Trinajstić information content (AvgIpc) is 2.89. The molecule has 0 saturated carbocycles. The van der Waals surface area contributed by atoms with Gasteiger partial charge >= 0.3 is 0 Å². The molecule has 1 atom stereocenters. The third kappa shape index (κ3) is 2.39. The predicted octanol–water partition coefficient (Wildman–Crippen LogP) is 2.95. The lowest BCUT2D eigenvalue weighted by Crippen LogP contribution is -2.11. The van der Waals surface area contributed by atoms with Gasteiger partial charge in [0.2, 0.25) is 0 Å². The molecule has 0 amide bonds. The highest BCUT2D eigenvalue weighted by Gasteiger charge is 2.23. The molecule has 0 bridgehead atoms. The van der Waals surface area contributed by atoms with E-state index in [2.05, 4.69) is 29.1 Å². The number of fused-ring (bicyclic) bond motifs is 2. The highest BCUT2D eigenvalue weighted by atomic mass is 16.5. The molecule has 1 aromatic carbocycles. The summed E-state index contributed by atoms with van der Waals surface area (Å²) in [6, 6.07) is 7.90. The minimum atomic E-state index is -0.108. The van der Waals surface area contributed by atoms with E-state index in [-0.39, 0.29) is 6.04 Å². The Labute approximate surface area is 118 Å². The summed E-state index contributed by atoms with van der Waals surface area (Å²) in [6.07, 6.45) is 4.95. The zero-order chi connectivity index (χ0) is 13.8. The first kappa shape index (κ1) is 12.7. The van der Waals surface area contributed by atoms with Crippen molar-refractivity contribution in [1.82, 2.24) is 15.0 Å². The number of hydrogen-bond acceptors (Lipinski definition) is 3. The summed E-state index contributed by atoms with van der Waals surface area (Å²) in [4.78, 5) is 0. The molecule has 4 nitrogen and oxygen atoms in total. The van der Waals surface area contributed by atoms with Gasteiger partial charge in [0.05, 0.1) is 11.9 Å². The van der Waals surface area contributed by atoms with Crippen LogP contribution in [0.25, 0.3) is 0 Å². The molecule has 1 unspecified atom stereocenters. The Kier molecular flexibility index (Phi) is 3.69. The first-order valence-electron chi connectivity index (χ1n) is 6.99. The van der Waals surface area contributed by atoms with Crippen LogP contribution in [0.15, 0.2) is 30.5 Å². The molecule has 1 aliphatic rings. The molecule has 4 heteroatoms. The molecule has 102 valence electrons. The lowest BCUT2D eigenvalue weighted by Gasteiger charge is -2.12. The van der Waals surface area contributed by atoms with Crippen molar-refractivity contribution in [3.8, 4) is 17.6 Å². The van der Waals surface area contributed by atoms with Crippen LogP contribution in [0.1, 0.15) is 43.5 Å². The Bertz CT molecular complexity index is 651. The first-order valence-corrected chi connectivity index (χ1v) is 6.99. The van der Waals surface area contributed by atoms with Gasteiger partial charge < -0.3 is 4.74 Å². The van der Waals surface area contributed by atoms with Crippen LogP contribution in [0, 0.1) is 11.8 Å². The predicted molar refractivity (Wildman–Crippen MR) is 76.2 cm³/mol. The minimum Gasteiger partial charge on any atom is -0.487 e. The van der Waals surface area contributed by atoms with Crippen LogP contribution in [-0.4, -0.2) is 15.0 Å². The molecule has 2 aromatic rings. The molecule has 3 rings (SSSR count). The quantitative estimate of drug-likeness (QED) is 0.620. The lowest BCUT2D eigenvalue weighted by atomic mass is 10.1. The summed E-state index contributed by atoms with van der Waals surface area (Å²) in [6.45, 7) is 2.66. The highest BCUT2D eigenvalue weighted by Crippen LogP contribution is 2.31. The molecule has 0 aliphatic carbocycles. The van der Waals surface area contributed by atoms with Gasteiger partial charge in [0.1, 0.15) is 18.4 Å². The number of ether oxygens (including phenoxy) is 1. The standard InChI is InChI=1S/C16H17N3O/c1-2-3-4-5-9-15-14-8-6-7-10-16(14)20-12-13-11-17-18-19(13)15/h6-8,10-11,15H,2-4,12H2,1H3. The normalized spacial score (nSPS) is 16.1. The van der Waals surface area contributed by atoms with Gasteiger partial charge in [0.25, 0.3) is 0 Å². The Morgan fingerprint density at radius 3 is 3.20 bits per heavy atom. The van der Waals surface area contributed by atoms with Gasteiger partial charge in [0.15, 0.2) is 0 Å². The molecule has 0 fully saturated rings. The maximum absolute atomic E-state index is 5.82. The Morgan fingerprint density at radius 1 is 1.40 bits per heavy atom. The number of nitrogens with zero attached hydrogens (tertiary/aromatic N) is 3. The average molecular weight is 267 g/mol. The third-order valence-electron chi connectivity index (χ3n) is 3.38. The smallest absolute Gasteiger partial charge is 0.143 e. The summed E-state index contributed by atoms with van der Waals surface area (Å²) in [7, 11) is 0. The number of aromatic nitrogens is 3. The fourth-order valence-corrected chi connectivity index (χ4v) is 2.28. The van der Waals surface area contributed by atoms with Crippen molar-refractivity contribution >= 4 is 0 Å². The van der Waals surface area contributed by atoms with Crippen LogP contribution in [0.5, 0.6) is 5.75 Å². The number of benzene rings is 1. The second kappa shape index (κ2) is 5.79. The molecule has 2 heterocycles. The topological polar surface area (TPSA) is 39.9 Å². The van der Waals surface area contributed by atoms with Crippen molar-refractivity contribution < 1.29 is 4.74 Å². The molecule has 1 aliphatic heterocycles. The SMILES string of the molecule is CCCCC#CC1c2ccccc2OCc2cnnn21. The van der Waals surface area contributed by atoms with Crippen LogP contribution in [0.3, 0.4) is 0 Å². The van der Waals surface area contributed by atoms with Crippen molar-refractivity contribution in [3.05, 3.63) is 41.7 Å². The second-order valence-electron chi connectivity index (χ2n) is 4.82. The maximum Gasteiger partial charge on any atom is 0.143 e. The van der Waals surface area contributed by atoms with E-state index in [0.717, 1.165) is 36.3 Å². The molecule has 1 aromatic heterocycles. The molecular weight excluding hydrogens is 250 g/mol. The number of rotatable bonds is 2. The zero-order valence-electron chi connectivity index (χ0n) is 11.5. The van der Waals surface area contributed by atoms with E-state index in [4.69, 9.17) is 4.74 Å². The summed E-state index contributed by atoms with van der Waals surface area (Å²) in [5.41, 5.74) is 2.01. The van der Waals surface area contributed by atoms with E-state index >= 15 is 0 Å². The largest absolute Gasteiger partial charge is 0.487 e. The van der Waals surface area contributed by atoms with Gasteiger partial charge in [-0.25, -0.2) is 4.68 Å². The second-order valence-corrected chi connectivity index (χ2v) is 4.82. The first-order chi connectivity index (χ1) is 9.90. The molecular formula is C16H17N3O. The molecule has 0 N–H and O–H groups in total. The van der Waals surface area contributed by atoms with E-state index < -0.39 is 0 Å². The minimum absolute atomic E-state index is 0.108. The third-order valence-corrected chi connectivity index (χ3v) is 3.38. The van der Waals surface area contributed by atoms with Crippen LogP contribution >= 0.6 is 0 Å². The van der Waals surface area contributed by atoms with Gasteiger partial charge in [-0.1, -0.05) is 42.7 Å². The summed E-state index contributed by atoms with van der Waals surface area (Å²) in [5, 5.41) is 8.16. The Balaban J connectivity index is 2.00. The summed E-state index contributed by atoms with van der Waals surface area (Å²) < 4.78 is 7.69. The monoisotopic (exact) mass is 267 g/mol. The van der Waals surface area contributed by atoms with Crippen molar-refractivity contribution in [2.24, 2.45) is 0 Å². The van der Waals surface area contributed by atoms with Crippen molar-refractivity contribution in [2.75, 3.05) is 0 Å². The highest BCUT2D eigenvalue weighted by molar-refractivity contribution is 5.41. The van der Waals surface area contributed by atoms with Gasteiger partial charge in [-0.05, 0) is 12.5 Å². The van der Waals surface area contributed by atoms with Crippen LogP contribution in [-0.2, 0) is 6.61 Å². The molecule has 0 spiro atoms.